The number of hydrogen-bond donors (Lipinski definition) is 1. The molecular weight excluding hydrogens is 309 g/mol. The van der Waals surface area contributed by atoms with Crippen LogP contribution in [0.15, 0.2) is 42.5 Å². The van der Waals surface area contributed by atoms with Gasteiger partial charge in [0.1, 0.15) is 5.75 Å². The van der Waals surface area contributed by atoms with Gasteiger partial charge in [-0.3, -0.25) is 4.79 Å². The monoisotopic (exact) mass is 331 g/mol. The van der Waals surface area contributed by atoms with Gasteiger partial charge in [-0.25, -0.2) is 4.39 Å². The first-order valence-corrected chi connectivity index (χ1v) is 7.82. The van der Waals surface area contributed by atoms with Crippen molar-refractivity contribution in [1.29, 1.82) is 0 Å². The van der Waals surface area contributed by atoms with E-state index in [1.54, 1.807) is 19.1 Å². The Morgan fingerprint density at radius 2 is 1.96 bits per heavy atom. The molecule has 1 amide bonds. The van der Waals surface area contributed by atoms with Crippen LogP contribution in [0.4, 0.5) is 4.39 Å². The summed E-state index contributed by atoms with van der Waals surface area (Å²) in [5.41, 5.74) is 1.71. The number of halogens is 1. The quantitative estimate of drug-likeness (QED) is 0.840. The lowest BCUT2D eigenvalue weighted by atomic mass is 10.1. The standard InChI is InChI=1S/C19H22FNO3/c1-13-6-4-5-7-17(13)24-11-10-19(22)21-14(2)15-8-9-18(23-3)16(20)12-15/h4-9,12,14H,10-11H2,1-3H3,(H,21,22)/t14-/m1/s1. The summed E-state index contributed by atoms with van der Waals surface area (Å²) in [5, 5.41) is 2.84. The van der Waals surface area contributed by atoms with Crippen molar-refractivity contribution in [2.45, 2.75) is 26.3 Å². The third-order valence-electron chi connectivity index (χ3n) is 3.73. The SMILES string of the molecule is COc1ccc([C@@H](C)NC(=O)CCOc2ccccc2C)cc1F. The van der Waals surface area contributed by atoms with E-state index in [9.17, 15) is 9.18 Å². The molecule has 0 unspecified atom stereocenters. The van der Waals surface area contributed by atoms with Crippen molar-refractivity contribution in [1.82, 2.24) is 5.32 Å². The number of aryl methyl sites for hydroxylation is 1. The highest BCUT2D eigenvalue weighted by Crippen LogP contribution is 2.22. The van der Waals surface area contributed by atoms with Crippen LogP contribution < -0.4 is 14.8 Å². The van der Waals surface area contributed by atoms with Crippen LogP contribution in [0.25, 0.3) is 0 Å². The van der Waals surface area contributed by atoms with Crippen molar-refractivity contribution < 1.29 is 18.7 Å². The molecule has 0 heterocycles. The minimum absolute atomic E-state index is 0.146. The zero-order valence-corrected chi connectivity index (χ0v) is 14.1. The van der Waals surface area contributed by atoms with Gasteiger partial charge >= 0.3 is 0 Å². The van der Waals surface area contributed by atoms with E-state index >= 15 is 0 Å². The summed E-state index contributed by atoms with van der Waals surface area (Å²) >= 11 is 0. The van der Waals surface area contributed by atoms with E-state index in [0.717, 1.165) is 11.3 Å². The number of nitrogens with one attached hydrogen (secondary N) is 1. The molecule has 1 atom stereocenters. The van der Waals surface area contributed by atoms with Crippen LogP contribution in [0.1, 0.15) is 30.5 Å². The van der Waals surface area contributed by atoms with Gasteiger partial charge < -0.3 is 14.8 Å². The van der Waals surface area contributed by atoms with Gasteiger partial charge in [-0.15, -0.1) is 0 Å². The van der Waals surface area contributed by atoms with E-state index in [2.05, 4.69) is 5.32 Å². The van der Waals surface area contributed by atoms with Crippen molar-refractivity contribution in [3.8, 4) is 11.5 Å². The fourth-order valence-electron chi connectivity index (χ4n) is 2.32. The highest BCUT2D eigenvalue weighted by atomic mass is 19.1. The highest BCUT2D eigenvalue weighted by Gasteiger charge is 2.12. The molecule has 2 rings (SSSR count). The fourth-order valence-corrected chi connectivity index (χ4v) is 2.32. The Bertz CT molecular complexity index is 703. The van der Waals surface area contributed by atoms with Crippen molar-refractivity contribution in [2.75, 3.05) is 13.7 Å². The van der Waals surface area contributed by atoms with Crippen molar-refractivity contribution in [3.05, 3.63) is 59.4 Å². The number of hydrogen-bond acceptors (Lipinski definition) is 3. The smallest absolute Gasteiger partial charge is 0.223 e. The van der Waals surface area contributed by atoms with Gasteiger partial charge in [-0.05, 0) is 43.2 Å². The lowest BCUT2D eigenvalue weighted by Gasteiger charge is -2.15. The third-order valence-corrected chi connectivity index (χ3v) is 3.73. The normalized spacial score (nSPS) is 11.7. The van der Waals surface area contributed by atoms with Crippen LogP contribution in [0.3, 0.4) is 0 Å². The summed E-state index contributed by atoms with van der Waals surface area (Å²) < 4.78 is 24.2. The van der Waals surface area contributed by atoms with Gasteiger partial charge in [0.15, 0.2) is 11.6 Å². The summed E-state index contributed by atoms with van der Waals surface area (Å²) in [4.78, 5) is 12.0. The fraction of sp³-hybridized carbons (Fsp3) is 0.316. The Balaban J connectivity index is 1.83. The molecule has 24 heavy (non-hydrogen) atoms. The number of rotatable bonds is 7. The molecule has 0 bridgehead atoms. The molecule has 0 radical (unpaired) electrons. The minimum Gasteiger partial charge on any atom is -0.494 e. The first kappa shape index (κ1) is 17.8. The molecule has 128 valence electrons. The number of benzene rings is 2. The summed E-state index contributed by atoms with van der Waals surface area (Å²) in [7, 11) is 1.41. The summed E-state index contributed by atoms with van der Waals surface area (Å²) in [6, 6.07) is 12.0. The first-order valence-electron chi connectivity index (χ1n) is 7.82. The van der Waals surface area contributed by atoms with E-state index in [0.29, 0.717) is 12.2 Å². The summed E-state index contributed by atoms with van der Waals surface area (Å²) in [6.45, 7) is 4.05. The maximum Gasteiger partial charge on any atom is 0.223 e. The average Bonchev–Trinajstić information content (AvgIpc) is 2.56. The summed E-state index contributed by atoms with van der Waals surface area (Å²) in [6.07, 6.45) is 0.233. The average molecular weight is 331 g/mol. The largest absolute Gasteiger partial charge is 0.494 e. The van der Waals surface area contributed by atoms with Crippen LogP contribution in [0.2, 0.25) is 0 Å². The summed E-state index contributed by atoms with van der Waals surface area (Å²) in [5.74, 6) is 0.366. The molecule has 4 nitrogen and oxygen atoms in total. The number of ether oxygens (including phenoxy) is 2. The van der Waals surface area contributed by atoms with E-state index in [1.165, 1.54) is 13.2 Å². The molecule has 1 N–H and O–H groups in total. The highest BCUT2D eigenvalue weighted by molar-refractivity contribution is 5.76. The molecule has 0 spiro atoms. The van der Waals surface area contributed by atoms with E-state index in [-0.39, 0.29) is 24.1 Å². The lowest BCUT2D eigenvalue weighted by molar-refractivity contribution is -0.122. The van der Waals surface area contributed by atoms with E-state index in [4.69, 9.17) is 9.47 Å². The molecule has 5 heteroatoms. The Morgan fingerprint density at radius 3 is 2.62 bits per heavy atom. The lowest BCUT2D eigenvalue weighted by Crippen LogP contribution is -2.28. The van der Waals surface area contributed by atoms with Crippen LogP contribution in [-0.2, 0) is 4.79 Å². The van der Waals surface area contributed by atoms with Crippen LogP contribution in [-0.4, -0.2) is 19.6 Å². The van der Waals surface area contributed by atoms with Gasteiger partial charge in [0.25, 0.3) is 0 Å². The molecule has 2 aromatic carbocycles. The molecule has 0 aliphatic heterocycles. The second-order valence-corrected chi connectivity index (χ2v) is 5.55. The maximum absolute atomic E-state index is 13.7. The second kappa shape index (κ2) is 8.34. The topological polar surface area (TPSA) is 47.6 Å². The maximum atomic E-state index is 13.7. The zero-order valence-electron chi connectivity index (χ0n) is 14.1. The van der Waals surface area contributed by atoms with Gasteiger partial charge in [0, 0.05) is 0 Å². The minimum atomic E-state index is -0.445. The van der Waals surface area contributed by atoms with Gasteiger partial charge in [0.2, 0.25) is 5.91 Å². The molecule has 2 aromatic rings. The van der Waals surface area contributed by atoms with E-state index in [1.807, 2.05) is 31.2 Å². The Kier molecular flexibility index (Phi) is 6.18. The van der Waals surface area contributed by atoms with Crippen molar-refractivity contribution in [2.24, 2.45) is 0 Å². The Morgan fingerprint density at radius 1 is 1.21 bits per heavy atom. The van der Waals surface area contributed by atoms with Crippen LogP contribution >= 0.6 is 0 Å². The number of amides is 1. The van der Waals surface area contributed by atoms with Crippen molar-refractivity contribution >= 4 is 5.91 Å². The molecule has 0 saturated heterocycles. The molecular formula is C19H22FNO3. The van der Waals surface area contributed by atoms with Crippen molar-refractivity contribution in [3.63, 3.8) is 0 Å². The number of carbonyl (C=O) groups excluding carboxylic acids is 1. The first-order chi connectivity index (χ1) is 11.5. The molecule has 0 aromatic heterocycles. The molecule has 0 aliphatic rings. The molecule has 0 saturated carbocycles. The van der Waals surface area contributed by atoms with Gasteiger partial charge in [0.05, 0.1) is 26.2 Å². The molecule has 0 fully saturated rings. The van der Waals surface area contributed by atoms with Crippen LogP contribution in [0, 0.1) is 12.7 Å². The predicted octanol–water partition coefficient (Wildman–Crippen LogP) is 3.79. The number of para-hydroxylation sites is 1. The Labute approximate surface area is 141 Å². The predicted molar refractivity (Wildman–Crippen MR) is 90.8 cm³/mol. The second-order valence-electron chi connectivity index (χ2n) is 5.55. The zero-order chi connectivity index (χ0) is 17.5. The third kappa shape index (κ3) is 4.72. The number of methoxy groups -OCH3 is 1. The van der Waals surface area contributed by atoms with Gasteiger partial charge in [-0.2, -0.15) is 0 Å². The number of carbonyl (C=O) groups is 1. The van der Waals surface area contributed by atoms with Gasteiger partial charge in [-0.1, -0.05) is 24.3 Å². The Hall–Kier alpha value is -2.56. The van der Waals surface area contributed by atoms with Crippen LogP contribution in [0.5, 0.6) is 11.5 Å². The molecule has 0 aliphatic carbocycles. The van der Waals surface area contributed by atoms with E-state index < -0.39 is 5.82 Å².